The normalized spacial score (nSPS) is 13.9. The quantitative estimate of drug-likeness (QED) is 0.411. The van der Waals surface area contributed by atoms with E-state index in [2.05, 4.69) is 134 Å². The molecule has 0 bridgehead atoms. The predicted octanol–water partition coefficient (Wildman–Crippen LogP) is 10.3. The SMILES string of the molecule is CC(C)(C)c1ccc(CCCc2cc(C(C)(C)C)c(C(C)(C)C)c(C(C)(C)C)c2C(C)(C)C)cc1. The molecule has 0 radical (unpaired) electrons. The van der Waals surface area contributed by atoms with Crippen LogP contribution in [0.4, 0.5) is 0 Å². The van der Waals surface area contributed by atoms with Crippen molar-refractivity contribution in [1.82, 2.24) is 0 Å². The largest absolute Gasteiger partial charge is 0.0588 e. The molecular weight excluding hydrogens is 420 g/mol. The van der Waals surface area contributed by atoms with Gasteiger partial charge in [-0.3, -0.25) is 0 Å². The third kappa shape index (κ3) is 7.24. The standard InChI is InChI=1S/C35H56/c1-31(2,3)26-21-19-24(20-22-26)17-16-18-25-23-27(32(4,5)6)29(34(10,11)12)30(35(13,14)15)28(25)33(7,8)9/h19-23H,16-18H2,1-15H3. The Balaban J connectivity index is 2.62. The molecule has 2 aromatic carbocycles. The molecule has 0 aromatic heterocycles. The van der Waals surface area contributed by atoms with Gasteiger partial charge in [0.2, 0.25) is 0 Å². The molecule has 0 aliphatic rings. The molecule has 0 saturated carbocycles. The highest BCUT2D eigenvalue weighted by Crippen LogP contribution is 2.47. The Morgan fingerprint density at radius 1 is 0.457 bits per heavy atom. The van der Waals surface area contributed by atoms with Gasteiger partial charge in [0.25, 0.3) is 0 Å². The lowest BCUT2D eigenvalue weighted by Crippen LogP contribution is -2.33. The molecule has 0 N–H and O–H groups in total. The van der Waals surface area contributed by atoms with Crippen LogP contribution in [0.5, 0.6) is 0 Å². The van der Waals surface area contributed by atoms with Crippen LogP contribution >= 0.6 is 0 Å². The molecule has 196 valence electrons. The molecule has 0 heterocycles. The lowest BCUT2D eigenvalue weighted by molar-refractivity contribution is 0.473. The van der Waals surface area contributed by atoms with Crippen LogP contribution in [0.15, 0.2) is 30.3 Å². The molecule has 0 unspecified atom stereocenters. The van der Waals surface area contributed by atoms with E-state index in [1.807, 2.05) is 0 Å². The zero-order valence-electron chi connectivity index (χ0n) is 26.0. The average molecular weight is 477 g/mol. The summed E-state index contributed by atoms with van der Waals surface area (Å²) in [6.07, 6.45) is 3.44. The molecule has 0 saturated heterocycles. The lowest BCUT2D eigenvalue weighted by Gasteiger charge is -2.42. The first-order valence-corrected chi connectivity index (χ1v) is 13.9. The second-order valence-corrected chi connectivity index (χ2v) is 16.0. The van der Waals surface area contributed by atoms with Gasteiger partial charge in [0.05, 0.1) is 0 Å². The first-order valence-electron chi connectivity index (χ1n) is 13.9. The Bertz CT molecular complexity index is 995. The van der Waals surface area contributed by atoms with Crippen LogP contribution < -0.4 is 0 Å². The summed E-state index contributed by atoms with van der Waals surface area (Å²) < 4.78 is 0. The Morgan fingerprint density at radius 2 is 0.914 bits per heavy atom. The van der Waals surface area contributed by atoms with Crippen molar-refractivity contribution in [1.29, 1.82) is 0 Å². The maximum Gasteiger partial charge on any atom is -0.0126 e. The minimum Gasteiger partial charge on any atom is -0.0588 e. The monoisotopic (exact) mass is 476 g/mol. The summed E-state index contributed by atoms with van der Waals surface area (Å²) in [6, 6.07) is 11.9. The summed E-state index contributed by atoms with van der Waals surface area (Å²) in [5.74, 6) is 0. The lowest BCUT2D eigenvalue weighted by atomic mass is 9.63. The summed E-state index contributed by atoms with van der Waals surface area (Å²) in [5.41, 5.74) is 11.3. The Labute approximate surface area is 219 Å². The van der Waals surface area contributed by atoms with Crippen LogP contribution in [0.3, 0.4) is 0 Å². The van der Waals surface area contributed by atoms with Gasteiger partial charge in [0.1, 0.15) is 0 Å². The maximum atomic E-state index is 2.60. The highest BCUT2D eigenvalue weighted by atomic mass is 14.4. The van der Waals surface area contributed by atoms with Gasteiger partial charge in [-0.15, -0.1) is 0 Å². The number of rotatable bonds is 4. The Morgan fingerprint density at radius 3 is 1.29 bits per heavy atom. The van der Waals surface area contributed by atoms with Gasteiger partial charge in [-0.05, 0) is 85.3 Å². The molecule has 35 heavy (non-hydrogen) atoms. The molecule has 0 nitrogen and oxygen atoms in total. The van der Waals surface area contributed by atoms with Gasteiger partial charge in [-0.25, -0.2) is 0 Å². The van der Waals surface area contributed by atoms with E-state index in [0.717, 1.165) is 12.8 Å². The van der Waals surface area contributed by atoms with Crippen LogP contribution in [0, 0.1) is 0 Å². The highest BCUT2D eigenvalue weighted by Gasteiger charge is 2.37. The first kappa shape index (κ1) is 29.7. The summed E-state index contributed by atoms with van der Waals surface area (Å²) in [5, 5.41) is 0. The van der Waals surface area contributed by atoms with E-state index in [9.17, 15) is 0 Å². The van der Waals surface area contributed by atoms with Crippen molar-refractivity contribution >= 4 is 0 Å². The number of benzene rings is 2. The minimum absolute atomic E-state index is 0.0873. The van der Waals surface area contributed by atoms with E-state index in [1.54, 1.807) is 22.3 Å². The van der Waals surface area contributed by atoms with Gasteiger partial charge < -0.3 is 0 Å². The molecule has 0 fully saturated rings. The molecule has 2 aromatic rings. The third-order valence-electron chi connectivity index (χ3n) is 7.20. The van der Waals surface area contributed by atoms with Crippen molar-refractivity contribution < 1.29 is 0 Å². The Hall–Kier alpha value is -1.56. The summed E-state index contributed by atoms with van der Waals surface area (Å²) in [7, 11) is 0. The van der Waals surface area contributed by atoms with Crippen LogP contribution in [0.2, 0.25) is 0 Å². The fourth-order valence-corrected chi connectivity index (χ4v) is 5.57. The molecular formula is C35H56. The molecule has 0 amide bonds. The van der Waals surface area contributed by atoms with Crippen molar-refractivity contribution in [3.63, 3.8) is 0 Å². The zero-order valence-corrected chi connectivity index (χ0v) is 26.0. The molecule has 0 aliphatic heterocycles. The fraction of sp³-hybridized carbons (Fsp3) is 0.657. The minimum atomic E-state index is 0.0873. The average Bonchev–Trinajstić information content (AvgIpc) is 2.63. The van der Waals surface area contributed by atoms with E-state index in [-0.39, 0.29) is 27.1 Å². The number of hydrogen-bond acceptors (Lipinski definition) is 0. The zero-order chi connectivity index (χ0) is 27.2. The van der Waals surface area contributed by atoms with Crippen molar-refractivity contribution in [2.45, 2.75) is 150 Å². The van der Waals surface area contributed by atoms with Crippen LogP contribution in [-0.2, 0) is 39.9 Å². The van der Waals surface area contributed by atoms with E-state index < -0.39 is 0 Å². The third-order valence-corrected chi connectivity index (χ3v) is 7.20. The topological polar surface area (TPSA) is 0 Å². The summed E-state index contributed by atoms with van der Waals surface area (Å²) in [6.45, 7) is 35.7. The van der Waals surface area contributed by atoms with Gasteiger partial charge in [-0.2, -0.15) is 0 Å². The molecule has 0 aliphatic carbocycles. The Kier molecular flexibility index (Phi) is 8.24. The van der Waals surface area contributed by atoms with Crippen LogP contribution in [0.1, 0.15) is 149 Å². The second kappa shape index (κ2) is 9.72. The van der Waals surface area contributed by atoms with Gasteiger partial charge >= 0.3 is 0 Å². The van der Waals surface area contributed by atoms with Crippen molar-refractivity contribution in [2.24, 2.45) is 0 Å². The smallest absolute Gasteiger partial charge is 0.0126 e. The van der Waals surface area contributed by atoms with Crippen LogP contribution in [-0.4, -0.2) is 0 Å². The maximum absolute atomic E-state index is 2.60. The van der Waals surface area contributed by atoms with E-state index >= 15 is 0 Å². The fourth-order valence-electron chi connectivity index (χ4n) is 5.57. The second-order valence-electron chi connectivity index (χ2n) is 16.0. The molecule has 0 heteroatoms. The number of aryl methyl sites for hydroxylation is 2. The summed E-state index contributed by atoms with van der Waals surface area (Å²) >= 11 is 0. The van der Waals surface area contributed by atoms with E-state index in [4.69, 9.17) is 0 Å². The predicted molar refractivity (Wildman–Crippen MR) is 158 cm³/mol. The summed E-state index contributed by atoms with van der Waals surface area (Å²) in [4.78, 5) is 0. The van der Waals surface area contributed by atoms with Crippen molar-refractivity contribution in [3.05, 3.63) is 69.3 Å². The first-order chi connectivity index (χ1) is 15.5. The van der Waals surface area contributed by atoms with Gasteiger partial charge in [-0.1, -0.05) is 134 Å². The highest BCUT2D eigenvalue weighted by molar-refractivity contribution is 5.56. The van der Waals surface area contributed by atoms with Gasteiger partial charge in [0, 0.05) is 0 Å². The molecule has 0 atom stereocenters. The van der Waals surface area contributed by atoms with Crippen molar-refractivity contribution in [3.8, 4) is 0 Å². The van der Waals surface area contributed by atoms with Gasteiger partial charge in [0.15, 0.2) is 0 Å². The van der Waals surface area contributed by atoms with Crippen molar-refractivity contribution in [2.75, 3.05) is 0 Å². The van der Waals surface area contributed by atoms with E-state index in [1.165, 1.54) is 23.1 Å². The molecule has 0 spiro atoms. The van der Waals surface area contributed by atoms with Crippen LogP contribution in [0.25, 0.3) is 0 Å². The number of hydrogen-bond donors (Lipinski definition) is 0. The van der Waals surface area contributed by atoms with E-state index in [0.29, 0.717) is 0 Å². The molecule has 2 rings (SSSR count).